The summed E-state index contributed by atoms with van der Waals surface area (Å²) in [6.45, 7) is 2.61. The van der Waals surface area contributed by atoms with Crippen molar-refractivity contribution in [1.29, 1.82) is 0 Å². The number of carboxylic acids is 1. The summed E-state index contributed by atoms with van der Waals surface area (Å²) in [6, 6.07) is -1.92. The quantitative estimate of drug-likeness (QED) is 0.0703. The summed E-state index contributed by atoms with van der Waals surface area (Å²) < 4.78 is 34.4. The second-order valence-electron chi connectivity index (χ2n) is 11.5. The third kappa shape index (κ3) is 7.35. The van der Waals surface area contributed by atoms with Gasteiger partial charge in [0.25, 0.3) is 11.8 Å². The molecule has 5 rings (SSSR count). The van der Waals surface area contributed by atoms with E-state index < -0.39 is 74.8 Å². The number of urea groups is 1. The number of imide groups is 1. The molecule has 50 heavy (non-hydrogen) atoms. The van der Waals surface area contributed by atoms with Crippen molar-refractivity contribution in [2.75, 3.05) is 25.5 Å². The van der Waals surface area contributed by atoms with Crippen LogP contribution in [0.3, 0.4) is 0 Å². The first-order chi connectivity index (χ1) is 23.5. The maximum Gasteiger partial charge on any atom is 0.362 e. The maximum absolute atomic E-state index is 13.4. The Morgan fingerprint density at radius 1 is 1.24 bits per heavy atom. The predicted molar refractivity (Wildman–Crippen MR) is 170 cm³/mol. The van der Waals surface area contributed by atoms with Gasteiger partial charge in [-0.25, -0.2) is 24.1 Å². The molecule has 2 aliphatic heterocycles. The highest BCUT2D eigenvalue weighted by Crippen LogP contribution is 2.21. The topological polar surface area (TPSA) is 313 Å². The van der Waals surface area contributed by atoms with Gasteiger partial charge < -0.3 is 35.8 Å². The Labute approximate surface area is 284 Å². The lowest BCUT2D eigenvalue weighted by molar-refractivity contribution is -0.161. The molecule has 2 saturated heterocycles. The van der Waals surface area contributed by atoms with Crippen LogP contribution >= 0.6 is 11.3 Å². The van der Waals surface area contributed by atoms with E-state index in [4.69, 9.17) is 15.3 Å². The Morgan fingerprint density at radius 3 is 2.54 bits per heavy atom. The molecule has 0 saturated carbocycles. The average Bonchev–Trinajstić information content (AvgIpc) is 3.63. The number of H-pyrrole nitrogens is 1. The van der Waals surface area contributed by atoms with Crippen LogP contribution in [-0.4, -0.2) is 108 Å². The zero-order valence-corrected chi connectivity index (χ0v) is 27.8. The highest BCUT2D eigenvalue weighted by molar-refractivity contribution is 7.88. The smallest absolute Gasteiger partial charge is 0.362 e. The summed E-state index contributed by atoms with van der Waals surface area (Å²) in [5.41, 5.74) is 1.01. The highest BCUT2D eigenvalue weighted by atomic mass is 32.2. The number of aliphatic carboxylic acids is 1. The monoisotopic (exact) mass is 738 g/mol. The van der Waals surface area contributed by atoms with Gasteiger partial charge in [0, 0.05) is 37.4 Å². The molecular formula is C26H30N10O12S2. The van der Waals surface area contributed by atoms with Crippen LogP contribution in [-0.2, 0) is 40.7 Å². The van der Waals surface area contributed by atoms with Crippen LogP contribution in [0.1, 0.15) is 32.4 Å². The van der Waals surface area contributed by atoms with Gasteiger partial charge in [-0.05, 0) is 32.6 Å². The second kappa shape index (κ2) is 13.7. The van der Waals surface area contributed by atoms with E-state index in [0.29, 0.717) is 31.0 Å². The largest absolute Gasteiger partial charge is 0.503 e. The van der Waals surface area contributed by atoms with Gasteiger partial charge in [0.15, 0.2) is 22.4 Å². The molecule has 22 nitrogen and oxygen atoms in total. The van der Waals surface area contributed by atoms with E-state index in [9.17, 15) is 47.4 Å². The van der Waals surface area contributed by atoms with E-state index in [0.717, 1.165) is 28.2 Å². The number of pyridine rings is 1. The number of hydrogen-bond acceptors (Lipinski definition) is 16. The number of aromatic amines is 1. The number of thiazole rings is 1. The van der Waals surface area contributed by atoms with Crippen molar-refractivity contribution in [3.8, 4) is 17.3 Å². The molecule has 3 aromatic heterocycles. The number of amides is 4. The number of aromatic nitrogens is 5. The van der Waals surface area contributed by atoms with E-state index in [1.807, 2.05) is 0 Å². The number of carboxylic acid groups (broad SMARTS) is 1. The number of nitrogens with zero attached hydrogens (tertiary/aromatic N) is 6. The molecule has 0 spiro atoms. The third-order valence-electron chi connectivity index (χ3n) is 7.53. The lowest BCUT2D eigenvalue weighted by Crippen LogP contribution is -2.68. The summed E-state index contributed by atoms with van der Waals surface area (Å²) in [7, 11) is -5.10. The van der Waals surface area contributed by atoms with Crippen LogP contribution in [0.2, 0.25) is 0 Å². The Kier molecular flexibility index (Phi) is 9.79. The molecule has 0 aromatic carbocycles. The number of β-lactam (4-membered cyclic amide) rings is 1. The van der Waals surface area contributed by atoms with Gasteiger partial charge in [-0.15, -0.1) is 16.4 Å². The molecule has 268 valence electrons. The summed E-state index contributed by atoms with van der Waals surface area (Å²) >= 11 is 0.936. The van der Waals surface area contributed by atoms with Crippen LogP contribution in [0.25, 0.3) is 11.5 Å². The van der Waals surface area contributed by atoms with Gasteiger partial charge in [-0.3, -0.25) is 23.9 Å². The first-order valence-corrected chi connectivity index (χ1v) is 16.9. The van der Waals surface area contributed by atoms with Gasteiger partial charge in [0.1, 0.15) is 11.7 Å². The molecule has 7 N–H and O–H groups in total. The number of likely N-dealkylation sites (tertiary alicyclic amines) is 1. The Bertz CT molecular complexity index is 2110. The molecular weight excluding hydrogens is 708 g/mol. The van der Waals surface area contributed by atoms with Crippen LogP contribution in [0.4, 0.5) is 9.93 Å². The number of nitrogens with two attached hydrogens (primary N) is 1. The Hall–Kier alpha value is -5.62. The SMILES string of the molecule is CC(C)(ON=C(C(=O)N[C@H]1CN(C(=O)NS(=O)(=O)n2nc(-c3cc(=O)c(O)c[nH]3)n(CC3CCOCC3)c2=O)C1=O)c1csc(N)n1)C(=O)O. The zero-order valence-electron chi connectivity index (χ0n) is 26.2. The molecule has 0 bridgehead atoms. The summed E-state index contributed by atoms with van der Waals surface area (Å²) in [4.78, 5) is 87.7. The van der Waals surface area contributed by atoms with Crippen molar-refractivity contribution in [3.63, 3.8) is 0 Å². The van der Waals surface area contributed by atoms with E-state index in [2.05, 4.69) is 25.5 Å². The minimum atomic E-state index is -5.10. The van der Waals surface area contributed by atoms with Gasteiger partial charge in [0.2, 0.25) is 11.0 Å². The van der Waals surface area contributed by atoms with E-state index in [-0.39, 0.29) is 38.9 Å². The van der Waals surface area contributed by atoms with Crippen molar-refractivity contribution in [1.82, 2.24) is 38.7 Å². The summed E-state index contributed by atoms with van der Waals surface area (Å²) in [5.74, 6) is -4.54. The molecule has 4 amide bonds. The fraction of sp³-hybridized carbons (Fsp3) is 0.423. The van der Waals surface area contributed by atoms with Gasteiger partial charge in [-0.1, -0.05) is 9.24 Å². The molecule has 1 atom stereocenters. The minimum absolute atomic E-state index is 0.00479. The van der Waals surface area contributed by atoms with Crippen LogP contribution in [0, 0.1) is 5.92 Å². The molecule has 0 aliphatic carbocycles. The van der Waals surface area contributed by atoms with Crippen molar-refractivity contribution >= 4 is 56.2 Å². The van der Waals surface area contributed by atoms with Crippen LogP contribution in [0.15, 0.2) is 32.4 Å². The molecule has 0 radical (unpaired) electrons. The lowest BCUT2D eigenvalue weighted by atomic mass is 10.0. The van der Waals surface area contributed by atoms with Crippen molar-refractivity contribution in [2.45, 2.75) is 44.9 Å². The van der Waals surface area contributed by atoms with Crippen molar-refractivity contribution in [3.05, 3.63) is 44.0 Å². The highest BCUT2D eigenvalue weighted by Gasteiger charge is 2.44. The van der Waals surface area contributed by atoms with E-state index >= 15 is 0 Å². The first-order valence-electron chi connectivity index (χ1n) is 14.6. The molecule has 24 heteroatoms. The standard InChI is InChI=1S/C26H30N10O12S2/c1-26(2,22(41)42)48-32-18(15-11-49-23(27)30-15)20(39)29-14-10-35(21(14)40)24(43)33-50(45,46)36-25(44)34(9-12-3-5-47-6-4-12)19(31-36)13-7-16(37)17(38)8-28-13/h7-8,11-12,14,38H,3-6,9-10H2,1-2H3,(H2,27,30)(H,28,37)(H,29,39)(H,33,43)(H,41,42)/t14-/m0/s1. The fourth-order valence-electron chi connectivity index (χ4n) is 4.63. The molecule has 3 aromatic rings. The normalized spacial score (nSPS) is 17.2. The van der Waals surface area contributed by atoms with Crippen molar-refractivity contribution in [2.24, 2.45) is 11.1 Å². The number of aromatic hydroxyl groups is 1. The van der Waals surface area contributed by atoms with Crippen molar-refractivity contribution < 1.29 is 47.4 Å². The van der Waals surface area contributed by atoms with E-state index in [1.165, 1.54) is 19.2 Å². The van der Waals surface area contributed by atoms with Gasteiger partial charge >= 0.3 is 27.9 Å². The first kappa shape index (κ1) is 35.7. The molecule has 2 fully saturated rings. The number of ether oxygens (including phenoxy) is 1. The average molecular weight is 739 g/mol. The Balaban J connectivity index is 1.32. The minimum Gasteiger partial charge on any atom is -0.503 e. The number of nitrogens with one attached hydrogen (secondary N) is 3. The number of anilines is 1. The van der Waals surface area contributed by atoms with Gasteiger partial charge in [-0.2, -0.15) is 8.42 Å². The fourth-order valence-corrected chi connectivity index (χ4v) is 6.08. The van der Waals surface area contributed by atoms with Crippen LogP contribution < -0.4 is 26.9 Å². The summed E-state index contributed by atoms with van der Waals surface area (Å²) in [6.07, 6.45) is 2.02. The van der Waals surface area contributed by atoms with E-state index in [1.54, 1.807) is 4.72 Å². The number of nitrogen functional groups attached to an aromatic ring is 1. The predicted octanol–water partition coefficient (Wildman–Crippen LogP) is -2.02. The number of rotatable bonds is 11. The molecule has 2 aliphatic rings. The number of carbonyl (C=O) groups excluding carboxylic acids is 3. The Morgan fingerprint density at radius 2 is 1.94 bits per heavy atom. The van der Waals surface area contributed by atoms with Gasteiger partial charge in [0.05, 0.1) is 12.2 Å². The number of carbonyl (C=O) groups is 4. The van der Waals surface area contributed by atoms with Crippen LogP contribution in [0.5, 0.6) is 5.75 Å². The number of oxime groups is 1. The third-order valence-corrected chi connectivity index (χ3v) is 9.33. The molecule has 5 heterocycles. The molecule has 0 unspecified atom stereocenters. The number of hydrogen-bond donors (Lipinski definition) is 6. The zero-order chi connectivity index (χ0) is 36.5. The second-order valence-corrected chi connectivity index (χ2v) is 13.9. The summed E-state index contributed by atoms with van der Waals surface area (Å²) in [5, 5.41) is 30.0. The maximum atomic E-state index is 13.4. The lowest BCUT2D eigenvalue weighted by Gasteiger charge is -2.36.